The quantitative estimate of drug-likeness (QED) is 0.852. The molecule has 6 nitrogen and oxygen atoms in total. The standard InChI is InChI=1S/C15H22N2O4S/c1-4-21-14-9-13(14)15(18)17(3)10(2)11-6-5-7-12(8-11)22(16,19)20/h5-8,10,13-14H,4,9H2,1-3H3,(H2,16,19,20). The number of nitrogens with zero attached hydrogens (tertiary/aromatic N) is 1. The van der Waals surface area contributed by atoms with Crippen molar-refractivity contribution in [3.05, 3.63) is 29.8 Å². The minimum absolute atomic E-state index is 0.0166. The minimum atomic E-state index is -3.75. The average molecular weight is 326 g/mol. The molecule has 1 fully saturated rings. The van der Waals surface area contributed by atoms with Crippen molar-refractivity contribution < 1.29 is 17.9 Å². The molecule has 1 amide bonds. The third kappa shape index (κ3) is 3.66. The van der Waals surface area contributed by atoms with E-state index in [-0.39, 0.29) is 28.9 Å². The molecule has 2 rings (SSSR count). The van der Waals surface area contributed by atoms with E-state index in [1.807, 2.05) is 13.8 Å². The minimum Gasteiger partial charge on any atom is -0.378 e. The van der Waals surface area contributed by atoms with Crippen LogP contribution in [0.3, 0.4) is 0 Å². The van der Waals surface area contributed by atoms with E-state index in [1.165, 1.54) is 12.1 Å². The molecule has 22 heavy (non-hydrogen) atoms. The molecule has 0 spiro atoms. The third-order valence-electron chi connectivity index (χ3n) is 4.03. The second-order valence-electron chi connectivity index (χ2n) is 5.58. The van der Waals surface area contributed by atoms with Crippen LogP contribution in [-0.4, -0.2) is 39.0 Å². The maximum Gasteiger partial charge on any atom is 0.238 e. The summed E-state index contributed by atoms with van der Waals surface area (Å²) in [5, 5.41) is 5.15. The first-order valence-corrected chi connectivity index (χ1v) is 8.81. The molecule has 0 aromatic heterocycles. The van der Waals surface area contributed by atoms with E-state index < -0.39 is 10.0 Å². The Morgan fingerprint density at radius 1 is 1.50 bits per heavy atom. The molecule has 0 bridgehead atoms. The second-order valence-corrected chi connectivity index (χ2v) is 7.14. The molecule has 122 valence electrons. The Kier molecular flexibility index (Phi) is 4.89. The molecule has 3 unspecified atom stereocenters. The first kappa shape index (κ1) is 16.9. The number of rotatable bonds is 6. The van der Waals surface area contributed by atoms with Gasteiger partial charge >= 0.3 is 0 Å². The molecule has 1 aromatic rings. The Labute approximate surface area is 131 Å². The van der Waals surface area contributed by atoms with Crippen molar-refractivity contribution >= 4 is 15.9 Å². The van der Waals surface area contributed by atoms with Crippen molar-refractivity contribution in [2.75, 3.05) is 13.7 Å². The maximum absolute atomic E-state index is 12.4. The topological polar surface area (TPSA) is 89.7 Å². The van der Waals surface area contributed by atoms with E-state index in [2.05, 4.69) is 0 Å². The summed E-state index contributed by atoms with van der Waals surface area (Å²) in [6.45, 7) is 4.37. The molecule has 2 N–H and O–H groups in total. The fourth-order valence-electron chi connectivity index (χ4n) is 2.46. The van der Waals surface area contributed by atoms with Crippen LogP contribution in [0.4, 0.5) is 0 Å². The van der Waals surface area contributed by atoms with Gasteiger partial charge in [-0.1, -0.05) is 12.1 Å². The van der Waals surface area contributed by atoms with Crippen LogP contribution < -0.4 is 5.14 Å². The van der Waals surface area contributed by atoms with E-state index in [1.54, 1.807) is 24.1 Å². The zero-order valence-corrected chi connectivity index (χ0v) is 13.8. The van der Waals surface area contributed by atoms with Crippen molar-refractivity contribution in [3.63, 3.8) is 0 Å². The number of hydrogen-bond acceptors (Lipinski definition) is 4. The number of ether oxygens (including phenoxy) is 1. The molecular weight excluding hydrogens is 304 g/mol. The summed E-state index contributed by atoms with van der Waals surface area (Å²) in [6.07, 6.45) is 0.768. The van der Waals surface area contributed by atoms with Gasteiger partial charge in [0.1, 0.15) is 0 Å². The van der Waals surface area contributed by atoms with Crippen molar-refractivity contribution in [2.24, 2.45) is 11.1 Å². The average Bonchev–Trinajstić information content (AvgIpc) is 3.24. The van der Waals surface area contributed by atoms with E-state index in [4.69, 9.17) is 9.88 Å². The summed E-state index contributed by atoms with van der Waals surface area (Å²) in [4.78, 5) is 14.1. The summed E-state index contributed by atoms with van der Waals surface area (Å²) in [5.41, 5.74) is 0.732. The number of sulfonamides is 1. The Balaban J connectivity index is 2.11. The highest BCUT2D eigenvalue weighted by Crippen LogP contribution is 2.37. The van der Waals surface area contributed by atoms with Gasteiger partial charge in [0.25, 0.3) is 0 Å². The number of amides is 1. The fourth-order valence-corrected chi connectivity index (χ4v) is 3.03. The van der Waals surface area contributed by atoms with Gasteiger partial charge in [-0.25, -0.2) is 13.6 Å². The number of carbonyl (C=O) groups is 1. The summed E-state index contributed by atoms with van der Waals surface area (Å²) in [5.74, 6) is -0.0687. The molecule has 1 saturated carbocycles. The SMILES string of the molecule is CCOC1CC1C(=O)N(C)C(C)c1cccc(S(N)(=O)=O)c1. The number of primary sulfonamides is 1. The predicted molar refractivity (Wildman–Crippen MR) is 82.5 cm³/mol. The van der Waals surface area contributed by atoms with Crippen molar-refractivity contribution in [1.29, 1.82) is 0 Å². The highest BCUT2D eigenvalue weighted by molar-refractivity contribution is 7.89. The third-order valence-corrected chi connectivity index (χ3v) is 4.94. The zero-order chi connectivity index (χ0) is 16.5. The lowest BCUT2D eigenvalue weighted by atomic mass is 10.1. The monoisotopic (exact) mass is 326 g/mol. The van der Waals surface area contributed by atoms with E-state index in [9.17, 15) is 13.2 Å². The highest BCUT2D eigenvalue weighted by atomic mass is 32.2. The molecule has 1 aliphatic carbocycles. The van der Waals surface area contributed by atoms with Crippen molar-refractivity contribution in [3.8, 4) is 0 Å². The molecule has 1 aliphatic rings. The second kappa shape index (κ2) is 6.36. The lowest BCUT2D eigenvalue weighted by molar-refractivity contribution is -0.134. The van der Waals surface area contributed by atoms with E-state index in [0.717, 1.165) is 12.0 Å². The largest absolute Gasteiger partial charge is 0.378 e. The first-order chi connectivity index (χ1) is 10.3. The van der Waals surface area contributed by atoms with Crippen LogP contribution in [-0.2, 0) is 19.6 Å². The van der Waals surface area contributed by atoms with Gasteiger partial charge in [-0.3, -0.25) is 4.79 Å². The van der Waals surface area contributed by atoms with Gasteiger partial charge in [0.2, 0.25) is 15.9 Å². The summed E-state index contributed by atoms with van der Waals surface area (Å²) < 4.78 is 28.3. The lowest BCUT2D eigenvalue weighted by Gasteiger charge is -2.26. The fraction of sp³-hybridized carbons (Fsp3) is 0.533. The Bertz CT molecular complexity index is 659. The van der Waals surface area contributed by atoms with Crippen molar-refractivity contribution in [2.45, 2.75) is 37.3 Å². The number of carbonyl (C=O) groups excluding carboxylic acids is 1. The maximum atomic E-state index is 12.4. The van der Waals surface area contributed by atoms with Crippen LogP contribution in [0, 0.1) is 5.92 Å². The Morgan fingerprint density at radius 3 is 2.77 bits per heavy atom. The molecule has 1 aromatic carbocycles. The van der Waals surface area contributed by atoms with Crippen LogP contribution >= 0.6 is 0 Å². The molecule has 0 saturated heterocycles. The molecule has 7 heteroatoms. The van der Waals surface area contributed by atoms with Gasteiger partial charge in [0.15, 0.2) is 0 Å². The molecule has 3 atom stereocenters. The molecule has 0 radical (unpaired) electrons. The Morgan fingerprint density at radius 2 is 2.18 bits per heavy atom. The van der Waals surface area contributed by atoms with Crippen LogP contribution in [0.15, 0.2) is 29.2 Å². The summed E-state index contributed by atoms with van der Waals surface area (Å²) in [6, 6.07) is 6.13. The van der Waals surface area contributed by atoms with Crippen LogP contribution in [0.1, 0.15) is 31.9 Å². The molecular formula is C15H22N2O4S. The smallest absolute Gasteiger partial charge is 0.238 e. The first-order valence-electron chi connectivity index (χ1n) is 7.26. The van der Waals surface area contributed by atoms with Crippen LogP contribution in [0.5, 0.6) is 0 Å². The van der Waals surface area contributed by atoms with Gasteiger partial charge in [0.05, 0.1) is 23.0 Å². The van der Waals surface area contributed by atoms with Crippen LogP contribution in [0.2, 0.25) is 0 Å². The summed E-state index contributed by atoms with van der Waals surface area (Å²) in [7, 11) is -2.03. The Hall–Kier alpha value is -1.44. The van der Waals surface area contributed by atoms with E-state index >= 15 is 0 Å². The van der Waals surface area contributed by atoms with Crippen LogP contribution in [0.25, 0.3) is 0 Å². The molecule has 0 heterocycles. The number of hydrogen-bond donors (Lipinski definition) is 1. The number of benzene rings is 1. The number of nitrogens with two attached hydrogens (primary N) is 1. The summed E-state index contributed by atoms with van der Waals surface area (Å²) >= 11 is 0. The normalized spacial score (nSPS) is 22.2. The van der Waals surface area contributed by atoms with Gasteiger partial charge in [-0.15, -0.1) is 0 Å². The predicted octanol–water partition coefficient (Wildman–Crippen LogP) is 1.28. The lowest BCUT2D eigenvalue weighted by Crippen LogP contribution is -2.32. The van der Waals surface area contributed by atoms with Gasteiger partial charge in [-0.05, 0) is 38.0 Å². The van der Waals surface area contributed by atoms with Gasteiger partial charge in [-0.2, -0.15) is 0 Å². The van der Waals surface area contributed by atoms with Crippen molar-refractivity contribution in [1.82, 2.24) is 4.90 Å². The molecule has 0 aliphatic heterocycles. The zero-order valence-electron chi connectivity index (χ0n) is 13.0. The van der Waals surface area contributed by atoms with Gasteiger partial charge in [0, 0.05) is 13.7 Å². The van der Waals surface area contributed by atoms with Gasteiger partial charge < -0.3 is 9.64 Å². The van der Waals surface area contributed by atoms with E-state index in [0.29, 0.717) is 6.61 Å². The highest BCUT2D eigenvalue weighted by Gasteiger charge is 2.45.